The van der Waals surface area contributed by atoms with Crippen LogP contribution in [0.1, 0.15) is 13.3 Å². The van der Waals surface area contributed by atoms with Gasteiger partial charge in [0.25, 0.3) is 5.97 Å². The van der Waals surface area contributed by atoms with Crippen molar-refractivity contribution in [3.63, 3.8) is 0 Å². The van der Waals surface area contributed by atoms with Crippen LogP contribution in [0.4, 0.5) is 0 Å². The van der Waals surface area contributed by atoms with Crippen molar-refractivity contribution in [3.8, 4) is 0 Å². The van der Waals surface area contributed by atoms with E-state index in [-0.39, 0.29) is 55.8 Å². The molecule has 0 aromatic carbocycles. The Morgan fingerprint density at radius 3 is 2.22 bits per heavy atom. The molecule has 0 saturated carbocycles. The standard InChI is InChI=1S/C5H9O2.HI.Zn/c1-3-5(6)7-4-2;;/h1,3-4H2,2H3;1H;/q-1;;. The summed E-state index contributed by atoms with van der Waals surface area (Å²) >= 11 is 0. The average Bonchev–Trinajstić information content (AvgIpc) is 1.68. The topological polar surface area (TPSA) is 26.3 Å². The van der Waals surface area contributed by atoms with E-state index in [1.54, 1.807) is 6.92 Å². The third kappa shape index (κ3) is 12.1. The van der Waals surface area contributed by atoms with E-state index in [2.05, 4.69) is 11.7 Å². The molecule has 0 N–H and O–H groups in total. The molecule has 0 fully saturated rings. The number of halogens is 1. The van der Waals surface area contributed by atoms with Crippen LogP contribution >= 0.6 is 24.0 Å². The SMILES string of the molecule is I.[CH2-]CC(=O)OCC.[Zn]. The molecule has 9 heavy (non-hydrogen) atoms. The van der Waals surface area contributed by atoms with Gasteiger partial charge in [-0.15, -0.1) is 24.0 Å². The van der Waals surface area contributed by atoms with Gasteiger partial charge in [0.2, 0.25) is 0 Å². The molecule has 0 atom stereocenters. The Morgan fingerprint density at radius 1 is 1.67 bits per heavy atom. The van der Waals surface area contributed by atoms with Gasteiger partial charge in [-0.25, -0.2) is 0 Å². The first-order valence-electron chi connectivity index (χ1n) is 2.26. The zero-order valence-corrected chi connectivity index (χ0v) is 10.9. The molecule has 0 bridgehead atoms. The predicted molar refractivity (Wildman–Crippen MR) is 42.0 cm³/mol. The van der Waals surface area contributed by atoms with Gasteiger partial charge in [-0.1, -0.05) is 6.42 Å². The molecule has 0 heterocycles. The van der Waals surface area contributed by atoms with Gasteiger partial charge in [0.15, 0.2) is 0 Å². The summed E-state index contributed by atoms with van der Waals surface area (Å²) in [5, 5.41) is 0. The van der Waals surface area contributed by atoms with Crippen LogP contribution in [0.25, 0.3) is 0 Å². The number of hydrogen-bond acceptors (Lipinski definition) is 2. The van der Waals surface area contributed by atoms with E-state index in [9.17, 15) is 4.79 Å². The van der Waals surface area contributed by atoms with E-state index in [1.807, 2.05) is 0 Å². The predicted octanol–water partition coefficient (Wildman–Crippen LogP) is 1.39. The molecule has 0 unspecified atom stereocenters. The van der Waals surface area contributed by atoms with Crippen LogP contribution in [0, 0.1) is 6.92 Å². The molecular formula is C5H10IO2Zn-. The molecule has 4 heteroatoms. The molecule has 0 aliphatic carbocycles. The van der Waals surface area contributed by atoms with E-state index in [0.717, 1.165) is 0 Å². The molecule has 0 amide bonds. The fourth-order valence-corrected chi connectivity index (χ4v) is 0.233. The van der Waals surface area contributed by atoms with Crippen molar-refractivity contribution in [1.29, 1.82) is 0 Å². The van der Waals surface area contributed by atoms with Gasteiger partial charge >= 0.3 is 0 Å². The normalized spacial score (nSPS) is 6.44. The van der Waals surface area contributed by atoms with Crippen molar-refractivity contribution in [2.75, 3.05) is 6.61 Å². The molecule has 2 nitrogen and oxygen atoms in total. The molecule has 0 spiro atoms. The molecule has 0 aliphatic rings. The summed E-state index contributed by atoms with van der Waals surface area (Å²) in [6.07, 6.45) is 0.230. The summed E-state index contributed by atoms with van der Waals surface area (Å²) < 4.78 is 4.49. The molecule has 0 radical (unpaired) electrons. The minimum atomic E-state index is -0.234. The second-order valence-corrected chi connectivity index (χ2v) is 1.06. The first kappa shape index (κ1) is 16.4. The Balaban J connectivity index is -0.000000180. The minimum absolute atomic E-state index is 0. The van der Waals surface area contributed by atoms with Crippen LogP contribution in [0.3, 0.4) is 0 Å². The van der Waals surface area contributed by atoms with E-state index in [1.165, 1.54) is 0 Å². The van der Waals surface area contributed by atoms with Crippen molar-refractivity contribution < 1.29 is 29.0 Å². The fourth-order valence-electron chi connectivity index (χ4n) is 0.233. The quantitative estimate of drug-likeness (QED) is 0.333. The smallest absolute Gasteiger partial charge is 0.275 e. The zero-order chi connectivity index (χ0) is 5.70. The number of carbonyl (C=O) groups is 1. The van der Waals surface area contributed by atoms with Gasteiger partial charge in [0, 0.05) is 19.5 Å². The Bertz CT molecular complexity index is 68.0. The summed E-state index contributed by atoms with van der Waals surface area (Å²) in [4.78, 5) is 10.1. The van der Waals surface area contributed by atoms with Gasteiger partial charge in [0.1, 0.15) is 0 Å². The molecule has 0 saturated heterocycles. The monoisotopic (exact) mass is 293 g/mol. The van der Waals surface area contributed by atoms with Gasteiger partial charge in [-0.05, 0) is 6.92 Å². The van der Waals surface area contributed by atoms with Gasteiger partial charge < -0.3 is 11.7 Å². The number of carbonyl (C=O) groups excluding carboxylic acids is 1. The summed E-state index contributed by atoms with van der Waals surface area (Å²) in [5.41, 5.74) is 0. The minimum Gasteiger partial charge on any atom is -0.468 e. The van der Waals surface area contributed by atoms with Crippen molar-refractivity contribution in [3.05, 3.63) is 6.92 Å². The first-order chi connectivity index (χ1) is 3.31. The number of ether oxygens (including phenoxy) is 1. The van der Waals surface area contributed by atoms with E-state index >= 15 is 0 Å². The second-order valence-electron chi connectivity index (χ2n) is 1.06. The molecule has 52 valence electrons. The summed E-state index contributed by atoms with van der Waals surface area (Å²) in [5.74, 6) is -0.234. The van der Waals surface area contributed by atoms with Gasteiger partial charge in [-0.3, -0.25) is 4.79 Å². The Labute approximate surface area is 85.5 Å². The summed E-state index contributed by atoms with van der Waals surface area (Å²) in [6.45, 7) is 5.55. The molecule has 0 aliphatic heterocycles. The zero-order valence-electron chi connectivity index (χ0n) is 5.55. The van der Waals surface area contributed by atoms with Crippen LogP contribution in [-0.4, -0.2) is 12.6 Å². The van der Waals surface area contributed by atoms with E-state index < -0.39 is 0 Å². The first-order valence-corrected chi connectivity index (χ1v) is 2.26. The second kappa shape index (κ2) is 11.6. The maximum Gasteiger partial charge on any atom is 0.275 e. The Morgan fingerprint density at radius 2 is 2.11 bits per heavy atom. The van der Waals surface area contributed by atoms with Gasteiger partial charge in [-0.2, -0.15) is 0 Å². The van der Waals surface area contributed by atoms with E-state index in [0.29, 0.717) is 6.61 Å². The van der Waals surface area contributed by atoms with Crippen molar-refractivity contribution in [2.24, 2.45) is 0 Å². The van der Waals surface area contributed by atoms with Crippen molar-refractivity contribution >= 4 is 29.9 Å². The largest absolute Gasteiger partial charge is 0.468 e. The Hall–Kier alpha value is 0.823. The molecule has 0 rings (SSSR count). The van der Waals surface area contributed by atoms with Crippen LogP contribution < -0.4 is 0 Å². The number of hydrogen-bond donors (Lipinski definition) is 0. The molecule has 0 aromatic rings. The fraction of sp³-hybridized carbons (Fsp3) is 0.600. The van der Waals surface area contributed by atoms with Crippen LogP contribution in [0.5, 0.6) is 0 Å². The van der Waals surface area contributed by atoms with Gasteiger partial charge in [0.05, 0.1) is 6.61 Å². The maximum absolute atomic E-state index is 10.1. The van der Waals surface area contributed by atoms with Crippen LogP contribution in [0.15, 0.2) is 0 Å². The number of esters is 1. The maximum atomic E-state index is 10.1. The third-order valence-electron chi connectivity index (χ3n) is 0.509. The molecular weight excluding hydrogens is 284 g/mol. The van der Waals surface area contributed by atoms with Crippen molar-refractivity contribution in [1.82, 2.24) is 0 Å². The van der Waals surface area contributed by atoms with E-state index in [4.69, 9.17) is 0 Å². The third-order valence-corrected chi connectivity index (χ3v) is 0.509. The average molecular weight is 294 g/mol. The summed E-state index contributed by atoms with van der Waals surface area (Å²) in [7, 11) is 0. The van der Waals surface area contributed by atoms with Crippen LogP contribution in [0.2, 0.25) is 0 Å². The summed E-state index contributed by atoms with van der Waals surface area (Å²) in [6, 6.07) is 0. The van der Waals surface area contributed by atoms with Crippen LogP contribution in [-0.2, 0) is 29.0 Å². The Kier molecular flexibility index (Phi) is 21.2. The molecule has 0 aromatic heterocycles. The number of rotatable bonds is 2. The van der Waals surface area contributed by atoms with Crippen molar-refractivity contribution in [2.45, 2.75) is 13.3 Å².